The monoisotopic (exact) mass is 356 g/mol. The van der Waals surface area contributed by atoms with Crippen molar-refractivity contribution in [2.24, 2.45) is 5.92 Å². The molecule has 0 bridgehead atoms. The van der Waals surface area contributed by atoms with Crippen LogP contribution in [0.25, 0.3) is 0 Å². The summed E-state index contributed by atoms with van der Waals surface area (Å²) in [6, 6.07) is 4.96. The zero-order valence-corrected chi connectivity index (χ0v) is 13.0. The first kappa shape index (κ1) is 14.8. The van der Waals surface area contributed by atoms with Gasteiger partial charge < -0.3 is 10.4 Å². The van der Waals surface area contributed by atoms with E-state index in [0.29, 0.717) is 11.3 Å². The molecule has 1 aromatic carbocycles. The lowest BCUT2D eigenvalue weighted by Crippen LogP contribution is -2.62. The highest BCUT2D eigenvalue weighted by Gasteiger charge is 2.54. The lowest BCUT2D eigenvalue weighted by molar-refractivity contribution is -0.0718. The minimum Gasteiger partial charge on any atom is -0.361 e. The van der Waals surface area contributed by atoms with E-state index in [1.807, 2.05) is 0 Å². The molecule has 21 heavy (non-hydrogen) atoms. The van der Waals surface area contributed by atoms with E-state index < -0.39 is 17.8 Å². The van der Waals surface area contributed by atoms with Crippen LogP contribution < -0.4 is 10.6 Å². The van der Waals surface area contributed by atoms with Gasteiger partial charge in [0.05, 0.1) is 0 Å². The number of rotatable bonds is 1. The first-order chi connectivity index (χ1) is 9.82. The van der Waals surface area contributed by atoms with Crippen molar-refractivity contribution in [3.05, 3.63) is 28.2 Å². The van der Waals surface area contributed by atoms with Gasteiger partial charge in [0.1, 0.15) is 0 Å². The number of alkyl halides is 2. The third kappa shape index (κ3) is 2.66. The Bertz CT molecular complexity index is 631. The smallest absolute Gasteiger partial charge is 0.278 e. The van der Waals surface area contributed by atoms with Gasteiger partial charge in [-0.3, -0.25) is 0 Å². The summed E-state index contributed by atoms with van der Waals surface area (Å²) >= 11 is 3.30. The molecule has 1 aliphatic heterocycles. The van der Waals surface area contributed by atoms with Crippen LogP contribution in [-0.4, -0.2) is 17.4 Å². The van der Waals surface area contributed by atoms with E-state index in [9.17, 15) is 13.9 Å². The molecule has 112 valence electrons. The van der Waals surface area contributed by atoms with E-state index in [1.54, 1.807) is 18.2 Å². The van der Waals surface area contributed by atoms with Crippen LogP contribution in [0, 0.1) is 17.8 Å². The Morgan fingerprint density at radius 1 is 1.43 bits per heavy atom. The Hall–Kier alpha value is -1.16. The summed E-state index contributed by atoms with van der Waals surface area (Å²) in [5.41, 5.74) is -1.10. The highest BCUT2D eigenvalue weighted by atomic mass is 79.9. The Balaban J connectivity index is 2.18. The highest BCUT2D eigenvalue weighted by Crippen LogP contribution is 2.44. The summed E-state index contributed by atoms with van der Waals surface area (Å²) < 4.78 is 29.5. The van der Waals surface area contributed by atoms with E-state index in [-0.39, 0.29) is 5.92 Å². The van der Waals surface area contributed by atoms with Gasteiger partial charge in [0.25, 0.3) is 5.92 Å². The molecule has 2 unspecified atom stereocenters. The number of anilines is 1. The first-order valence-corrected chi connectivity index (χ1v) is 7.54. The Morgan fingerprint density at radius 3 is 2.76 bits per heavy atom. The van der Waals surface area contributed by atoms with Crippen molar-refractivity contribution in [1.29, 1.82) is 0 Å². The normalized spacial score (nSPS) is 28.1. The molecule has 6 heteroatoms. The lowest BCUT2D eigenvalue weighted by atomic mass is 9.82. The van der Waals surface area contributed by atoms with Crippen LogP contribution in [0.4, 0.5) is 14.5 Å². The summed E-state index contributed by atoms with van der Waals surface area (Å²) in [6.45, 7) is 0.825. The fourth-order valence-electron chi connectivity index (χ4n) is 2.44. The fraction of sp³-hybridized carbons (Fsp3) is 0.467. The predicted octanol–water partition coefficient (Wildman–Crippen LogP) is 3.00. The highest BCUT2D eigenvalue weighted by molar-refractivity contribution is 9.10. The molecular formula is C15H15BrF2N2O. The number of aliphatic hydroxyl groups excluding tert-OH is 1. The van der Waals surface area contributed by atoms with Crippen molar-refractivity contribution >= 4 is 21.6 Å². The number of hydrogen-bond acceptors (Lipinski definition) is 3. The molecule has 0 amide bonds. The summed E-state index contributed by atoms with van der Waals surface area (Å²) in [4.78, 5) is 0. The van der Waals surface area contributed by atoms with Crippen molar-refractivity contribution in [3.8, 4) is 11.8 Å². The summed E-state index contributed by atoms with van der Waals surface area (Å²) in [5.74, 6) is 2.66. The second kappa shape index (κ2) is 4.94. The van der Waals surface area contributed by atoms with Gasteiger partial charge in [0, 0.05) is 28.6 Å². The summed E-state index contributed by atoms with van der Waals surface area (Å²) in [5, 5.41) is 15.2. The Labute approximate surface area is 130 Å². The van der Waals surface area contributed by atoms with Crippen LogP contribution in [0.5, 0.6) is 0 Å². The molecule has 1 aromatic rings. The van der Waals surface area contributed by atoms with Gasteiger partial charge >= 0.3 is 0 Å². The first-order valence-electron chi connectivity index (χ1n) is 6.75. The molecular weight excluding hydrogens is 342 g/mol. The molecule has 0 saturated heterocycles. The maximum absolute atomic E-state index is 14.4. The maximum atomic E-state index is 14.4. The average Bonchev–Trinajstić information content (AvgIpc) is 3.17. The third-order valence-corrected chi connectivity index (χ3v) is 4.22. The van der Waals surface area contributed by atoms with Crippen LogP contribution in [0.15, 0.2) is 22.7 Å². The summed E-state index contributed by atoms with van der Waals surface area (Å²) in [7, 11) is 0. The quantitative estimate of drug-likeness (QED) is 0.677. The van der Waals surface area contributed by atoms with Crippen molar-refractivity contribution in [3.63, 3.8) is 0 Å². The van der Waals surface area contributed by atoms with Crippen LogP contribution >= 0.6 is 15.9 Å². The van der Waals surface area contributed by atoms with Gasteiger partial charge in [-0.25, -0.2) is 14.1 Å². The van der Waals surface area contributed by atoms with E-state index >= 15 is 0 Å². The Morgan fingerprint density at radius 2 is 2.14 bits per heavy atom. The van der Waals surface area contributed by atoms with Crippen LogP contribution in [-0.2, 0) is 5.54 Å². The second-order valence-electron chi connectivity index (χ2n) is 5.56. The second-order valence-corrected chi connectivity index (χ2v) is 6.48. The standard InChI is InChI=1S/C15H15BrF2N2O/c1-14(17,18)15(7-6-9-2-3-9)11-5-4-10(16)8-12(11)19-13(21)20-15/h4-5,8-9,13,19-21H,2-3H2,1H3. The van der Waals surface area contributed by atoms with E-state index in [0.717, 1.165) is 24.2 Å². The molecule has 2 atom stereocenters. The molecule has 1 saturated carbocycles. The van der Waals surface area contributed by atoms with Gasteiger partial charge in [-0.2, -0.15) is 0 Å². The molecule has 0 spiro atoms. The van der Waals surface area contributed by atoms with E-state index in [2.05, 4.69) is 38.4 Å². The van der Waals surface area contributed by atoms with Crippen molar-refractivity contribution in [2.45, 2.75) is 37.6 Å². The van der Waals surface area contributed by atoms with Gasteiger partial charge in [-0.15, -0.1) is 0 Å². The van der Waals surface area contributed by atoms with Gasteiger partial charge in [0.2, 0.25) is 0 Å². The van der Waals surface area contributed by atoms with Gasteiger partial charge in [0.15, 0.2) is 11.9 Å². The average molecular weight is 357 g/mol. The number of aliphatic hydroxyl groups is 1. The fourth-order valence-corrected chi connectivity index (χ4v) is 2.80. The predicted molar refractivity (Wildman–Crippen MR) is 79.7 cm³/mol. The minimum atomic E-state index is -3.15. The molecule has 0 radical (unpaired) electrons. The lowest BCUT2D eigenvalue weighted by Gasteiger charge is -2.42. The molecule has 3 N–H and O–H groups in total. The van der Waals surface area contributed by atoms with Gasteiger partial charge in [-0.1, -0.05) is 33.8 Å². The van der Waals surface area contributed by atoms with E-state index in [4.69, 9.17) is 0 Å². The van der Waals surface area contributed by atoms with Crippen LogP contribution in [0.3, 0.4) is 0 Å². The van der Waals surface area contributed by atoms with Crippen LogP contribution in [0.2, 0.25) is 0 Å². The molecule has 3 nitrogen and oxygen atoms in total. The van der Waals surface area contributed by atoms with Crippen molar-refractivity contribution < 1.29 is 13.9 Å². The molecule has 2 aliphatic rings. The van der Waals surface area contributed by atoms with Crippen molar-refractivity contribution in [2.75, 3.05) is 5.32 Å². The molecule has 0 aromatic heterocycles. The zero-order valence-electron chi connectivity index (χ0n) is 11.4. The maximum Gasteiger partial charge on any atom is 0.278 e. The third-order valence-electron chi connectivity index (χ3n) is 3.73. The van der Waals surface area contributed by atoms with E-state index in [1.165, 1.54) is 0 Å². The summed E-state index contributed by atoms with van der Waals surface area (Å²) in [6.07, 6.45) is 0.616. The molecule has 1 fully saturated rings. The molecule has 1 aliphatic carbocycles. The number of fused-ring (bicyclic) bond motifs is 1. The Kier molecular flexibility index (Phi) is 3.47. The molecule has 3 rings (SSSR count). The van der Waals surface area contributed by atoms with Crippen LogP contribution in [0.1, 0.15) is 25.3 Å². The zero-order chi connectivity index (χ0) is 15.3. The van der Waals surface area contributed by atoms with Gasteiger partial charge in [-0.05, 0) is 25.0 Å². The largest absolute Gasteiger partial charge is 0.361 e. The minimum absolute atomic E-state index is 0.192. The number of nitrogens with one attached hydrogen (secondary N) is 2. The number of benzene rings is 1. The molecule has 1 heterocycles. The SMILES string of the molecule is CC(F)(F)C1(C#CC2CC2)NC(O)Nc2cc(Br)ccc21. The number of halogens is 3. The number of hydrogen-bond donors (Lipinski definition) is 3. The topological polar surface area (TPSA) is 44.3 Å². The van der Waals surface area contributed by atoms with Crippen molar-refractivity contribution in [1.82, 2.24) is 5.32 Å².